The van der Waals surface area contributed by atoms with E-state index in [1.807, 2.05) is 0 Å². The summed E-state index contributed by atoms with van der Waals surface area (Å²) >= 11 is 0. The summed E-state index contributed by atoms with van der Waals surface area (Å²) in [6.45, 7) is 0.317. The summed E-state index contributed by atoms with van der Waals surface area (Å²) in [6.07, 6.45) is -4.75. The van der Waals surface area contributed by atoms with Crippen LogP contribution in [0.15, 0.2) is 48.5 Å². The lowest BCUT2D eigenvalue weighted by Crippen LogP contribution is -2.25. The van der Waals surface area contributed by atoms with Gasteiger partial charge in [0.1, 0.15) is 0 Å². The molecule has 0 bridgehead atoms. The Morgan fingerprint density at radius 1 is 0.923 bits per heavy atom. The number of nitrogens with one attached hydrogen (secondary N) is 1. The highest BCUT2D eigenvalue weighted by Gasteiger charge is 2.26. The van der Waals surface area contributed by atoms with Crippen LogP contribution in [0.4, 0.5) is 13.2 Å². The highest BCUT2D eigenvalue weighted by atomic mass is 19.4. The Morgan fingerprint density at radius 2 is 1.62 bits per heavy atom. The van der Waals surface area contributed by atoms with Crippen LogP contribution in [0.5, 0.6) is 0 Å². The highest BCUT2D eigenvalue weighted by molar-refractivity contribution is 5.94. The van der Waals surface area contributed by atoms with Crippen LogP contribution < -0.4 is 5.32 Å². The summed E-state index contributed by atoms with van der Waals surface area (Å²) in [7, 11) is 0. The van der Waals surface area contributed by atoms with Crippen LogP contribution >= 0.6 is 0 Å². The van der Waals surface area contributed by atoms with Crippen LogP contribution in [-0.4, -0.2) is 29.7 Å². The van der Waals surface area contributed by atoms with Gasteiger partial charge in [0, 0.05) is 18.5 Å². The van der Waals surface area contributed by atoms with Crippen LogP contribution in [-0.2, 0) is 12.8 Å². The van der Waals surface area contributed by atoms with Gasteiger partial charge in [-0.1, -0.05) is 24.3 Å². The van der Waals surface area contributed by atoms with E-state index < -0.39 is 18.6 Å². The fourth-order valence-electron chi connectivity index (χ4n) is 2.39. The molecule has 0 aliphatic carbocycles. The van der Waals surface area contributed by atoms with Crippen LogP contribution in [0.25, 0.3) is 0 Å². The van der Waals surface area contributed by atoms with E-state index in [1.165, 1.54) is 30.3 Å². The largest absolute Gasteiger partial charge is 0.478 e. The van der Waals surface area contributed by atoms with Gasteiger partial charge in [0.2, 0.25) is 0 Å². The first-order valence-electron chi connectivity index (χ1n) is 8.01. The van der Waals surface area contributed by atoms with Crippen molar-refractivity contribution < 1.29 is 27.9 Å². The van der Waals surface area contributed by atoms with Crippen molar-refractivity contribution in [1.29, 1.82) is 0 Å². The molecule has 1 amide bonds. The normalized spacial score (nSPS) is 11.2. The molecule has 0 saturated carbocycles. The first kappa shape index (κ1) is 19.5. The van der Waals surface area contributed by atoms with Crippen molar-refractivity contribution in [3.05, 3.63) is 70.8 Å². The van der Waals surface area contributed by atoms with Gasteiger partial charge >= 0.3 is 12.1 Å². The molecule has 0 atom stereocenters. The molecule has 0 aliphatic heterocycles. The van der Waals surface area contributed by atoms with Crippen LogP contribution in [0.2, 0.25) is 0 Å². The Labute approximate surface area is 148 Å². The SMILES string of the molecule is O=C(O)c1cccc(CCNC(=O)c2ccc(CCC(F)(F)F)cc2)c1. The Morgan fingerprint density at radius 3 is 2.23 bits per heavy atom. The van der Waals surface area contributed by atoms with Gasteiger partial charge in [0.15, 0.2) is 0 Å². The van der Waals surface area contributed by atoms with Crippen LogP contribution in [0.1, 0.15) is 38.3 Å². The van der Waals surface area contributed by atoms with E-state index in [0.717, 1.165) is 5.56 Å². The molecule has 26 heavy (non-hydrogen) atoms. The number of hydrogen-bond acceptors (Lipinski definition) is 2. The minimum Gasteiger partial charge on any atom is -0.478 e. The summed E-state index contributed by atoms with van der Waals surface area (Å²) in [5, 5.41) is 11.7. The molecule has 2 rings (SSSR count). The third-order valence-corrected chi connectivity index (χ3v) is 3.79. The zero-order chi connectivity index (χ0) is 19.2. The Bertz CT molecular complexity index is 770. The second-order valence-electron chi connectivity index (χ2n) is 5.82. The maximum absolute atomic E-state index is 12.2. The number of carbonyl (C=O) groups is 2. The number of benzene rings is 2. The smallest absolute Gasteiger partial charge is 0.389 e. The number of carboxylic acid groups (broad SMARTS) is 1. The van der Waals surface area contributed by atoms with E-state index in [-0.39, 0.29) is 17.9 Å². The van der Waals surface area contributed by atoms with Gasteiger partial charge in [-0.2, -0.15) is 13.2 Å². The lowest BCUT2D eigenvalue weighted by atomic mass is 10.1. The number of amides is 1. The number of aryl methyl sites for hydroxylation is 1. The van der Waals surface area contributed by atoms with Gasteiger partial charge in [-0.05, 0) is 48.2 Å². The van der Waals surface area contributed by atoms with Crippen LogP contribution in [0.3, 0.4) is 0 Å². The Balaban J connectivity index is 1.84. The minimum absolute atomic E-state index is 0.120. The predicted octanol–water partition coefficient (Wildman–Crippen LogP) is 3.85. The first-order valence-corrected chi connectivity index (χ1v) is 8.01. The second-order valence-corrected chi connectivity index (χ2v) is 5.82. The lowest BCUT2D eigenvalue weighted by molar-refractivity contribution is -0.134. The monoisotopic (exact) mass is 365 g/mol. The summed E-state index contributed by atoms with van der Waals surface area (Å²) in [5.74, 6) is -1.34. The molecule has 0 spiro atoms. The fourth-order valence-corrected chi connectivity index (χ4v) is 2.39. The van der Waals surface area contributed by atoms with E-state index >= 15 is 0 Å². The third kappa shape index (κ3) is 6.23. The standard InChI is InChI=1S/C19H18F3NO3/c20-19(21,22)10-8-13-4-6-15(7-5-13)17(24)23-11-9-14-2-1-3-16(12-14)18(25)26/h1-7,12H,8-11H2,(H,23,24)(H,25,26). The molecule has 0 heterocycles. The summed E-state index contributed by atoms with van der Waals surface area (Å²) < 4.78 is 36.6. The minimum atomic E-state index is -4.20. The summed E-state index contributed by atoms with van der Waals surface area (Å²) in [6, 6.07) is 12.5. The van der Waals surface area contributed by atoms with Crippen molar-refractivity contribution in [1.82, 2.24) is 5.32 Å². The molecule has 2 N–H and O–H groups in total. The maximum Gasteiger partial charge on any atom is 0.389 e. The average Bonchev–Trinajstić information content (AvgIpc) is 2.60. The molecule has 2 aromatic carbocycles. The zero-order valence-corrected chi connectivity index (χ0v) is 13.8. The van der Waals surface area contributed by atoms with Gasteiger partial charge in [0.05, 0.1) is 5.56 Å². The van der Waals surface area contributed by atoms with E-state index in [2.05, 4.69) is 5.32 Å². The number of hydrogen-bond donors (Lipinski definition) is 2. The Hall–Kier alpha value is -2.83. The molecular formula is C19H18F3NO3. The molecule has 0 unspecified atom stereocenters. The van der Waals surface area contributed by atoms with E-state index in [0.29, 0.717) is 24.1 Å². The predicted molar refractivity (Wildman–Crippen MR) is 90.3 cm³/mol. The molecule has 0 fully saturated rings. The van der Waals surface area contributed by atoms with Crippen molar-refractivity contribution in [2.24, 2.45) is 0 Å². The molecule has 0 saturated heterocycles. The maximum atomic E-state index is 12.2. The first-order chi connectivity index (χ1) is 12.2. The molecule has 0 radical (unpaired) electrons. The number of halogens is 3. The van der Waals surface area contributed by atoms with Gasteiger partial charge in [-0.15, -0.1) is 0 Å². The molecule has 0 aromatic heterocycles. The van der Waals surface area contributed by atoms with Crippen LogP contribution in [0, 0.1) is 0 Å². The molecular weight excluding hydrogens is 347 g/mol. The van der Waals surface area contributed by atoms with Crippen molar-refractivity contribution >= 4 is 11.9 Å². The summed E-state index contributed by atoms with van der Waals surface area (Å²) in [5.41, 5.74) is 1.85. The van der Waals surface area contributed by atoms with Crippen molar-refractivity contribution in [3.8, 4) is 0 Å². The zero-order valence-electron chi connectivity index (χ0n) is 13.8. The van der Waals surface area contributed by atoms with Crippen molar-refractivity contribution in [2.75, 3.05) is 6.54 Å². The quantitative estimate of drug-likeness (QED) is 0.783. The molecule has 4 nitrogen and oxygen atoms in total. The number of alkyl halides is 3. The number of aromatic carboxylic acids is 1. The topological polar surface area (TPSA) is 66.4 Å². The van der Waals surface area contributed by atoms with E-state index in [4.69, 9.17) is 5.11 Å². The number of carbonyl (C=O) groups excluding carboxylic acids is 1. The van der Waals surface area contributed by atoms with Gasteiger partial charge in [-0.25, -0.2) is 4.79 Å². The van der Waals surface area contributed by atoms with Crippen molar-refractivity contribution in [3.63, 3.8) is 0 Å². The Kier molecular flexibility index (Phi) is 6.38. The highest BCUT2D eigenvalue weighted by Crippen LogP contribution is 2.22. The van der Waals surface area contributed by atoms with Gasteiger partial charge in [-0.3, -0.25) is 4.79 Å². The average molecular weight is 365 g/mol. The van der Waals surface area contributed by atoms with E-state index in [9.17, 15) is 22.8 Å². The fraction of sp³-hybridized carbons (Fsp3) is 0.263. The van der Waals surface area contributed by atoms with Gasteiger partial charge in [0.25, 0.3) is 5.91 Å². The molecule has 2 aromatic rings. The lowest BCUT2D eigenvalue weighted by Gasteiger charge is -2.08. The third-order valence-electron chi connectivity index (χ3n) is 3.79. The molecule has 0 aliphatic rings. The van der Waals surface area contributed by atoms with Crippen molar-refractivity contribution in [2.45, 2.75) is 25.4 Å². The van der Waals surface area contributed by atoms with E-state index in [1.54, 1.807) is 18.2 Å². The molecule has 138 valence electrons. The van der Waals surface area contributed by atoms with Gasteiger partial charge < -0.3 is 10.4 Å². The second kappa shape index (κ2) is 8.51. The molecule has 7 heteroatoms. The number of rotatable bonds is 7. The number of carboxylic acids is 1. The summed E-state index contributed by atoms with van der Waals surface area (Å²) in [4.78, 5) is 23.0.